The Kier molecular flexibility index (Phi) is 5.88. The Morgan fingerprint density at radius 2 is 1.55 bits per heavy atom. The fourth-order valence-corrected chi connectivity index (χ4v) is 3.35. The van der Waals surface area contributed by atoms with Crippen molar-refractivity contribution in [3.63, 3.8) is 0 Å². The number of hydrogen-bond donors (Lipinski definition) is 2. The van der Waals surface area contributed by atoms with Crippen LogP contribution in [0.25, 0.3) is 0 Å². The molecule has 29 heavy (non-hydrogen) atoms. The van der Waals surface area contributed by atoms with Crippen LogP contribution in [0.2, 0.25) is 0 Å². The van der Waals surface area contributed by atoms with E-state index in [1.807, 2.05) is 30.3 Å². The molecule has 2 atom stereocenters. The summed E-state index contributed by atoms with van der Waals surface area (Å²) in [6, 6.07) is 10.3. The van der Waals surface area contributed by atoms with Crippen LogP contribution in [0.4, 0.5) is 26.3 Å². The molecule has 9 heteroatoms. The molecule has 0 unspecified atom stereocenters. The van der Waals surface area contributed by atoms with Gasteiger partial charge in [-0.25, -0.2) is 0 Å². The van der Waals surface area contributed by atoms with E-state index in [2.05, 4.69) is 10.6 Å². The lowest BCUT2D eigenvalue weighted by molar-refractivity contribution is -0.143. The average Bonchev–Trinajstić information content (AvgIpc) is 3.15. The van der Waals surface area contributed by atoms with Gasteiger partial charge in [0.05, 0.1) is 17.2 Å². The number of benzene rings is 2. The van der Waals surface area contributed by atoms with E-state index in [1.54, 1.807) is 0 Å². The number of hydrogen-bond acceptors (Lipinski definition) is 2. The standard InChI is InChI=1S/C20H18F6N2O/c21-19(22,23)15-6-12(7-16(9-15)20(24,25)26)10-28-18(29)17-8-14(11-27-17)13-4-2-1-3-5-13/h1-7,9,14,17,27H,8,10-11H2,(H,28,29)/t14-,17-/m0/s1. The van der Waals surface area contributed by atoms with Crippen molar-refractivity contribution in [3.8, 4) is 0 Å². The number of nitrogens with one attached hydrogen (secondary N) is 2. The van der Waals surface area contributed by atoms with E-state index >= 15 is 0 Å². The van der Waals surface area contributed by atoms with Crippen molar-refractivity contribution in [2.75, 3.05) is 6.54 Å². The Hall–Kier alpha value is -2.55. The predicted octanol–water partition coefficient (Wildman–Crippen LogP) is 4.49. The summed E-state index contributed by atoms with van der Waals surface area (Å²) >= 11 is 0. The third-order valence-electron chi connectivity index (χ3n) is 4.83. The van der Waals surface area contributed by atoms with Gasteiger partial charge in [-0.05, 0) is 41.7 Å². The van der Waals surface area contributed by atoms with Crippen LogP contribution in [-0.2, 0) is 23.7 Å². The van der Waals surface area contributed by atoms with Crippen molar-refractivity contribution in [3.05, 3.63) is 70.8 Å². The molecule has 0 radical (unpaired) electrons. The second-order valence-electron chi connectivity index (χ2n) is 6.94. The summed E-state index contributed by atoms with van der Waals surface area (Å²) in [5, 5.41) is 5.47. The van der Waals surface area contributed by atoms with E-state index in [4.69, 9.17) is 0 Å². The molecule has 1 aliphatic rings. The van der Waals surface area contributed by atoms with E-state index in [0.717, 1.165) is 5.56 Å². The van der Waals surface area contributed by atoms with Gasteiger partial charge in [0.15, 0.2) is 0 Å². The first kappa shape index (κ1) is 21.2. The van der Waals surface area contributed by atoms with E-state index in [-0.39, 0.29) is 17.5 Å². The minimum absolute atomic E-state index is 0.0638. The zero-order valence-electron chi connectivity index (χ0n) is 15.1. The van der Waals surface area contributed by atoms with Gasteiger partial charge in [0, 0.05) is 13.1 Å². The van der Waals surface area contributed by atoms with Crippen LogP contribution in [0, 0.1) is 0 Å². The van der Waals surface area contributed by atoms with Gasteiger partial charge in [-0.1, -0.05) is 30.3 Å². The minimum atomic E-state index is -4.92. The van der Waals surface area contributed by atoms with Crippen molar-refractivity contribution in [2.24, 2.45) is 0 Å². The molecule has 0 aliphatic carbocycles. The quantitative estimate of drug-likeness (QED) is 0.722. The highest BCUT2D eigenvalue weighted by molar-refractivity contribution is 5.82. The number of halogens is 6. The second-order valence-corrected chi connectivity index (χ2v) is 6.94. The summed E-state index contributed by atoms with van der Waals surface area (Å²) in [4.78, 5) is 12.3. The summed E-state index contributed by atoms with van der Waals surface area (Å²) in [5.41, 5.74) is -2.01. The lowest BCUT2D eigenvalue weighted by atomic mass is 9.96. The Labute approximate surface area is 163 Å². The summed E-state index contributed by atoms with van der Waals surface area (Å²) in [5.74, 6) is -0.355. The maximum atomic E-state index is 12.9. The van der Waals surface area contributed by atoms with E-state index in [9.17, 15) is 31.1 Å². The van der Waals surface area contributed by atoms with Gasteiger partial charge in [-0.15, -0.1) is 0 Å². The third kappa shape index (κ3) is 5.29. The molecule has 0 saturated carbocycles. The van der Waals surface area contributed by atoms with E-state index in [1.165, 1.54) is 0 Å². The Morgan fingerprint density at radius 3 is 2.10 bits per heavy atom. The molecule has 156 valence electrons. The Bertz CT molecular complexity index is 831. The van der Waals surface area contributed by atoms with Crippen LogP contribution in [0.5, 0.6) is 0 Å². The number of carbonyl (C=O) groups excluding carboxylic acids is 1. The van der Waals surface area contributed by atoms with Gasteiger partial charge < -0.3 is 10.6 Å². The number of carbonyl (C=O) groups is 1. The smallest absolute Gasteiger partial charge is 0.351 e. The molecule has 1 aliphatic heterocycles. The minimum Gasteiger partial charge on any atom is -0.351 e. The van der Waals surface area contributed by atoms with E-state index in [0.29, 0.717) is 25.1 Å². The number of amides is 1. The van der Waals surface area contributed by atoms with Crippen LogP contribution >= 0.6 is 0 Å². The molecular weight excluding hydrogens is 398 g/mol. The van der Waals surface area contributed by atoms with Gasteiger partial charge in [0.25, 0.3) is 0 Å². The van der Waals surface area contributed by atoms with Gasteiger partial charge in [-0.3, -0.25) is 4.79 Å². The van der Waals surface area contributed by atoms with Crippen molar-refractivity contribution in [2.45, 2.75) is 37.3 Å². The molecule has 2 aromatic carbocycles. The molecule has 3 nitrogen and oxygen atoms in total. The first-order chi connectivity index (χ1) is 13.5. The normalized spacial score (nSPS) is 19.9. The maximum absolute atomic E-state index is 12.9. The molecule has 1 heterocycles. The SMILES string of the molecule is O=C(NCc1cc(C(F)(F)F)cc(C(F)(F)F)c1)[C@@H]1C[C@H](c2ccccc2)CN1. The molecular formula is C20H18F6N2O. The van der Waals surface area contributed by atoms with Crippen LogP contribution in [0.3, 0.4) is 0 Å². The monoisotopic (exact) mass is 416 g/mol. The van der Waals surface area contributed by atoms with Crippen molar-refractivity contribution in [1.29, 1.82) is 0 Å². The van der Waals surface area contributed by atoms with Gasteiger partial charge in [0.1, 0.15) is 0 Å². The lowest BCUT2D eigenvalue weighted by Crippen LogP contribution is -2.40. The maximum Gasteiger partial charge on any atom is 0.416 e. The van der Waals surface area contributed by atoms with Gasteiger partial charge in [-0.2, -0.15) is 26.3 Å². The average molecular weight is 416 g/mol. The highest BCUT2D eigenvalue weighted by Gasteiger charge is 2.37. The highest BCUT2D eigenvalue weighted by Crippen LogP contribution is 2.36. The summed E-state index contributed by atoms with van der Waals surface area (Å²) < 4.78 is 77.5. The van der Waals surface area contributed by atoms with Gasteiger partial charge in [0.2, 0.25) is 5.91 Å². The van der Waals surface area contributed by atoms with Crippen molar-refractivity contribution in [1.82, 2.24) is 10.6 Å². The van der Waals surface area contributed by atoms with Crippen molar-refractivity contribution < 1.29 is 31.1 Å². The highest BCUT2D eigenvalue weighted by atomic mass is 19.4. The molecule has 2 N–H and O–H groups in total. The zero-order valence-corrected chi connectivity index (χ0v) is 15.1. The summed E-state index contributed by atoms with van der Waals surface area (Å²) in [7, 11) is 0. The molecule has 2 aromatic rings. The van der Waals surface area contributed by atoms with Crippen molar-refractivity contribution >= 4 is 5.91 Å². The van der Waals surface area contributed by atoms with E-state index < -0.39 is 42.0 Å². The lowest BCUT2D eigenvalue weighted by Gasteiger charge is -2.16. The fourth-order valence-electron chi connectivity index (χ4n) is 3.35. The molecule has 1 amide bonds. The fraction of sp³-hybridized carbons (Fsp3) is 0.350. The second kappa shape index (κ2) is 8.06. The van der Waals surface area contributed by atoms with Gasteiger partial charge >= 0.3 is 12.4 Å². The third-order valence-corrected chi connectivity index (χ3v) is 4.83. The summed E-state index contributed by atoms with van der Waals surface area (Å²) in [6.45, 7) is 0.129. The molecule has 1 saturated heterocycles. The molecule has 1 fully saturated rings. The van der Waals surface area contributed by atoms with Crippen LogP contribution in [0.1, 0.15) is 34.6 Å². The first-order valence-electron chi connectivity index (χ1n) is 8.88. The van der Waals surface area contributed by atoms with Crippen LogP contribution < -0.4 is 10.6 Å². The largest absolute Gasteiger partial charge is 0.416 e. The van der Waals surface area contributed by atoms with Crippen LogP contribution in [-0.4, -0.2) is 18.5 Å². The predicted molar refractivity (Wildman–Crippen MR) is 93.9 cm³/mol. The zero-order chi connectivity index (χ0) is 21.2. The Morgan fingerprint density at radius 1 is 0.966 bits per heavy atom. The molecule has 0 spiro atoms. The molecule has 3 rings (SSSR count). The topological polar surface area (TPSA) is 41.1 Å². The molecule has 0 bridgehead atoms. The Balaban J connectivity index is 1.67. The molecule has 0 aromatic heterocycles. The number of alkyl halides is 6. The van der Waals surface area contributed by atoms with Crippen LogP contribution in [0.15, 0.2) is 48.5 Å². The number of rotatable bonds is 4. The first-order valence-corrected chi connectivity index (χ1v) is 8.88. The summed E-state index contributed by atoms with van der Waals surface area (Å²) in [6.07, 6.45) is -9.35.